The van der Waals surface area contributed by atoms with E-state index < -0.39 is 0 Å². The van der Waals surface area contributed by atoms with E-state index in [0.717, 1.165) is 28.7 Å². The lowest BCUT2D eigenvalue weighted by atomic mass is 10.1. The molecule has 0 saturated heterocycles. The molecule has 5 heteroatoms. The molecule has 0 atom stereocenters. The average molecular weight is 306 g/mol. The summed E-state index contributed by atoms with van der Waals surface area (Å²) in [6.45, 7) is 5.05. The fourth-order valence-electron chi connectivity index (χ4n) is 2.19. The number of benzene rings is 1. The van der Waals surface area contributed by atoms with Crippen molar-refractivity contribution >= 4 is 33.0 Å². The molecule has 1 aromatic heterocycles. The van der Waals surface area contributed by atoms with Crippen LogP contribution in [0.4, 0.5) is 5.69 Å². The highest BCUT2D eigenvalue weighted by Gasteiger charge is 2.16. The predicted molar refractivity (Wildman–Crippen MR) is 89.2 cm³/mol. The lowest BCUT2D eigenvalue weighted by Gasteiger charge is -2.06. The summed E-state index contributed by atoms with van der Waals surface area (Å²) in [7, 11) is 1.63. The van der Waals surface area contributed by atoms with Crippen molar-refractivity contribution in [1.29, 1.82) is 0 Å². The van der Waals surface area contributed by atoms with E-state index in [4.69, 9.17) is 10.5 Å². The largest absolute Gasteiger partial charge is 0.497 e. The SMILES string of the molecule is COc1ccc2c(N)c(C(=O)NCCCC(C)C)sc2c1. The summed E-state index contributed by atoms with van der Waals surface area (Å²) in [6.07, 6.45) is 2.10. The summed E-state index contributed by atoms with van der Waals surface area (Å²) in [4.78, 5) is 12.8. The Morgan fingerprint density at radius 1 is 1.43 bits per heavy atom. The molecule has 21 heavy (non-hydrogen) atoms. The quantitative estimate of drug-likeness (QED) is 0.801. The van der Waals surface area contributed by atoms with Crippen LogP contribution < -0.4 is 15.8 Å². The minimum Gasteiger partial charge on any atom is -0.497 e. The Morgan fingerprint density at radius 3 is 2.86 bits per heavy atom. The number of anilines is 1. The Hall–Kier alpha value is -1.75. The molecular formula is C16H22N2O2S. The van der Waals surface area contributed by atoms with Crippen LogP contribution in [-0.2, 0) is 0 Å². The molecule has 1 aromatic carbocycles. The molecule has 1 amide bonds. The highest BCUT2D eigenvalue weighted by Crippen LogP contribution is 2.35. The number of rotatable bonds is 6. The summed E-state index contributed by atoms with van der Waals surface area (Å²) in [5.41, 5.74) is 6.65. The molecule has 0 saturated carbocycles. The summed E-state index contributed by atoms with van der Waals surface area (Å²) in [5, 5.41) is 3.86. The number of nitrogen functional groups attached to an aromatic ring is 1. The molecule has 0 bridgehead atoms. The Kier molecular flexibility index (Phi) is 5.07. The van der Waals surface area contributed by atoms with Crippen LogP contribution in [0.1, 0.15) is 36.4 Å². The molecule has 0 aliphatic rings. The van der Waals surface area contributed by atoms with Gasteiger partial charge in [-0.05, 0) is 37.0 Å². The maximum Gasteiger partial charge on any atom is 0.263 e. The van der Waals surface area contributed by atoms with Crippen LogP contribution in [-0.4, -0.2) is 19.6 Å². The Bertz CT molecular complexity index is 634. The van der Waals surface area contributed by atoms with Crippen molar-refractivity contribution in [2.24, 2.45) is 5.92 Å². The smallest absolute Gasteiger partial charge is 0.263 e. The van der Waals surface area contributed by atoms with E-state index in [1.54, 1.807) is 7.11 Å². The van der Waals surface area contributed by atoms with Crippen molar-refractivity contribution in [1.82, 2.24) is 5.32 Å². The Morgan fingerprint density at radius 2 is 2.19 bits per heavy atom. The van der Waals surface area contributed by atoms with Gasteiger partial charge in [-0.1, -0.05) is 13.8 Å². The number of amides is 1. The molecule has 1 heterocycles. The van der Waals surface area contributed by atoms with Crippen molar-refractivity contribution < 1.29 is 9.53 Å². The van der Waals surface area contributed by atoms with Gasteiger partial charge >= 0.3 is 0 Å². The second-order valence-electron chi connectivity index (χ2n) is 5.50. The number of thiophene rings is 1. The fraction of sp³-hybridized carbons (Fsp3) is 0.438. The maximum atomic E-state index is 12.2. The van der Waals surface area contributed by atoms with Gasteiger partial charge in [-0.2, -0.15) is 0 Å². The number of carbonyl (C=O) groups excluding carboxylic acids is 1. The molecule has 4 nitrogen and oxygen atoms in total. The van der Waals surface area contributed by atoms with Gasteiger partial charge in [0.25, 0.3) is 5.91 Å². The van der Waals surface area contributed by atoms with E-state index in [2.05, 4.69) is 19.2 Å². The summed E-state index contributed by atoms with van der Waals surface area (Å²) >= 11 is 1.41. The number of methoxy groups -OCH3 is 1. The van der Waals surface area contributed by atoms with E-state index in [1.807, 2.05) is 18.2 Å². The summed E-state index contributed by atoms with van der Waals surface area (Å²) in [5.74, 6) is 1.34. The fourth-order valence-corrected chi connectivity index (χ4v) is 3.25. The molecule has 3 N–H and O–H groups in total. The van der Waals surface area contributed by atoms with Crippen LogP contribution in [0.2, 0.25) is 0 Å². The zero-order chi connectivity index (χ0) is 15.4. The number of fused-ring (bicyclic) bond motifs is 1. The van der Waals surface area contributed by atoms with Crippen LogP contribution in [0.25, 0.3) is 10.1 Å². The number of hydrogen-bond acceptors (Lipinski definition) is 4. The van der Waals surface area contributed by atoms with Crippen molar-refractivity contribution in [2.75, 3.05) is 19.4 Å². The molecular weight excluding hydrogens is 284 g/mol. The number of carbonyl (C=O) groups is 1. The van der Waals surface area contributed by atoms with Gasteiger partial charge in [0.15, 0.2) is 0 Å². The predicted octanol–water partition coefficient (Wildman–Crippen LogP) is 3.66. The zero-order valence-corrected chi connectivity index (χ0v) is 13.5. The zero-order valence-electron chi connectivity index (χ0n) is 12.7. The lowest BCUT2D eigenvalue weighted by Crippen LogP contribution is -2.24. The highest BCUT2D eigenvalue weighted by molar-refractivity contribution is 7.21. The van der Waals surface area contributed by atoms with Gasteiger partial charge in [-0.15, -0.1) is 11.3 Å². The standard InChI is InChI=1S/C16H22N2O2S/c1-10(2)5-4-8-18-16(19)15-14(17)12-7-6-11(20-3)9-13(12)21-15/h6-7,9-10H,4-5,8,17H2,1-3H3,(H,18,19). The molecule has 114 valence electrons. The van der Waals surface area contributed by atoms with Gasteiger partial charge in [0.1, 0.15) is 10.6 Å². The van der Waals surface area contributed by atoms with Gasteiger partial charge in [-0.3, -0.25) is 4.79 Å². The van der Waals surface area contributed by atoms with Crippen LogP contribution in [0.15, 0.2) is 18.2 Å². The van der Waals surface area contributed by atoms with Crippen LogP contribution in [0.3, 0.4) is 0 Å². The first-order valence-electron chi connectivity index (χ1n) is 7.17. The highest BCUT2D eigenvalue weighted by atomic mass is 32.1. The van der Waals surface area contributed by atoms with E-state index in [0.29, 0.717) is 23.0 Å². The third-order valence-electron chi connectivity index (χ3n) is 3.39. The summed E-state index contributed by atoms with van der Waals surface area (Å²) in [6, 6.07) is 5.66. The second-order valence-corrected chi connectivity index (χ2v) is 6.55. The molecule has 0 unspecified atom stereocenters. The monoisotopic (exact) mass is 306 g/mol. The van der Waals surface area contributed by atoms with Crippen LogP contribution in [0, 0.1) is 5.92 Å². The maximum absolute atomic E-state index is 12.2. The lowest BCUT2D eigenvalue weighted by molar-refractivity contribution is 0.0957. The first-order chi connectivity index (χ1) is 10.0. The molecule has 2 rings (SSSR count). The van der Waals surface area contributed by atoms with E-state index in [9.17, 15) is 4.79 Å². The second kappa shape index (κ2) is 6.80. The molecule has 0 fully saturated rings. The molecule has 0 spiro atoms. The number of ether oxygens (including phenoxy) is 1. The molecule has 0 aliphatic carbocycles. The normalized spacial score (nSPS) is 11.0. The van der Waals surface area contributed by atoms with Gasteiger partial charge in [-0.25, -0.2) is 0 Å². The minimum atomic E-state index is -0.0866. The first-order valence-corrected chi connectivity index (χ1v) is 7.98. The van der Waals surface area contributed by atoms with Crippen molar-refractivity contribution in [3.63, 3.8) is 0 Å². The van der Waals surface area contributed by atoms with E-state index in [1.165, 1.54) is 11.3 Å². The third-order valence-corrected chi connectivity index (χ3v) is 4.55. The van der Waals surface area contributed by atoms with Crippen molar-refractivity contribution in [3.05, 3.63) is 23.1 Å². The van der Waals surface area contributed by atoms with E-state index >= 15 is 0 Å². The number of hydrogen-bond donors (Lipinski definition) is 2. The first kappa shape index (κ1) is 15.6. The van der Waals surface area contributed by atoms with Crippen LogP contribution in [0.5, 0.6) is 5.75 Å². The summed E-state index contributed by atoms with van der Waals surface area (Å²) < 4.78 is 6.17. The van der Waals surface area contributed by atoms with Crippen LogP contribution >= 0.6 is 11.3 Å². The minimum absolute atomic E-state index is 0.0866. The Labute approximate surface area is 129 Å². The van der Waals surface area contributed by atoms with Gasteiger partial charge < -0.3 is 15.8 Å². The van der Waals surface area contributed by atoms with E-state index in [-0.39, 0.29) is 5.91 Å². The average Bonchev–Trinajstić information content (AvgIpc) is 2.79. The third kappa shape index (κ3) is 3.67. The van der Waals surface area contributed by atoms with Crippen molar-refractivity contribution in [3.8, 4) is 5.75 Å². The number of nitrogens with one attached hydrogen (secondary N) is 1. The molecule has 0 aliphatic heterocycles. The van der Waals surface area contributed by atoms with Gasteiger partial charge in [0.05, 0.1) is 12.8 Å². The van der Waals surface area contributed by atoms with Gasteiger partial charge in [0.2, 0.25) is 0 Å². The topological polar surface area (TPSA) is 64.3 Å². The molecule has 0 radical (unpaired) electrons. The number of nitrogens with two attached hydrogens (primary N) is 1. The van der Waals surface area contributed by atoms with Crippen molar-refractivity contribution in [2.45, 2.75) is 26.7 Å². The van der Waals surface area contributed by atoms with Gasteiger partial charge in [0, 0.05) is 16.6 Å². The molecule has 2 aromatic rings. The Balaban J connectivity index is 2.10.